The molecule has 0 spiro atoms. The van der Waals surface area contributed by atoms with Crippen molar-refractivity contribution >= 4 is 10.9 Å². The van der Waals surface area contributed by atoms with E-state index in [9.17, 15) is 4.79 Å². The van der Waals surface area contributed by atoms with Gasteiger partial charge in [0.25, 0.3) is 5.56 Å². The number of benzene rings is 2. The molecule has 6 nitrogen and oxygen atoms in total. The molecule has 0 radical (unpaired) electrons. The molecule has 6 heteroatoms. The molecule has 0 saturated carbocycles. The van der Waals surface area contributed by atoms with Gasteiger partial charge in [0, 0.05) is 18.9 Å². The fourth-order valence-electron chi connectivity index (χ4n) is 3.28. The van der Waals surface area contributed by atoms with E-state index in [1.165, 1.54) is 0 Å². The number of methoxy groups -OCH3 is 1. The van der Waals surface area contributed by atoms with E-state index in [1.807, 2.05) is 30.3 Å². The van der Waals surface area contributed by atoms with Crippen LogP contribution in [-0.2, 0) is 11.3 Å². The first kappa shape index (κ1) is 17.5. The monoisotopic (exact) mass is 366 g/mol. The van der Waals surface area contributed by atoms with Crippen molar-refractivity contribution in [2.24, 2.45) is 0 Å². The lowest BCUT2D eigenvalue weighted by Crippen LogP contribution is -2.26. The van der Waals surface area contributed by atoms with Crippen molar-refractivity contribution < 1.29 is 14.2 Å². The Morgan fingerprint density at radius 2 is 1.93 bits per heavy atom. The highest BCUT2D eigenvalue weighted by Gasteiger charge is 2.19. The van der Waals surface area contributed by atoms with E-state index in [2.05, 4.69) is 4.98 Å². The molecule has 0 atom stereocenters. The second kappa shape index (κ2) is 7.80. The minimum absolute atomic E-state index is 0.0633. The highest BCUT2D eigenvalue weighted by Crippen LogP contribution is 2.32. The highest BCUT2D eigenvalue weighted by molar-refractivity contribution is 5.81. The highest BCUT2D eigenvalue weighted by atomic mass is 16.5. The lowest BCUT2D eigenvalue weighted by atomic mass is 10.1. The molecule has 1 saturated heterocycles. The molecule has 1 aliphatic heterocycles. The van der Waals surface area contributed by atoms with Crippen LogP contribution >= 0.6 is 0 Å². The van der Waals surface area contributed by atoms with Gasteiger partial charge in [0.1, 0.15) is 6.10 Å². The summed E-state index contributed by atoms with van der Waals surface area (Å²) in [6.45, 7) is 1.85. The Hall–Kier alpha value is -2.86. The van der Waals surface area contributed by atoms with Crippen molar-refractivity contribution in [1.82, 2.24) is 9.55 Å². The van der Waals surface area contributed by atoms with E-state index in [1.54, 1.807) is 30.1 Å². The first-order valence-corrected chi connectivity index (χ1v) is 9.10. The smallest absolute Gasteiger partial charge is 0.261 e. The molecule has 1 aromatic heterocycles. The Kier molecular flexibility index (Phi) is 5.07. The third-order valence-corrected chi connectivity index (χ3v) is 4.77. The molecule has 1 aliphatic rings. The molecule has 0 N–H and O–H groups in total. The van der Waals surface area contributed by atoms with Crippen molar-refractivity contribution in [3.05, 3.63) is 64.7 Å². The van der Waals surface area contributed by atoms with Crippen molar-refractivity contribution in [3.63, 3.8) is 0 Å². The van der Waals surface area contributed by atoms with Gasteiger partial charge in [0.2, 0.25) is 0 Å². The van der Waals surface area contributed by atoms with Crippen molar-refractivity contribution in [3.8, 4) is 11.5 Å². The SMILES string of the molecule is COc1cc2ncn(Cc3ccccc3)c(=O)c2cc1OC1CCOCC1. The average Bonchev–Trinajstić information content (AvgIpc) is 2.72. The third-order valence-electron chi connectivity index (χ3n) is 4.77. The number of hydrogen-bond donors (Lipinski definition) is 0. The van der Waals surface area contributed by atoms with Crippen LogP contribution in [0, 0.1) is 0 Å². The Balaban J connectivity index is 1.71. The quantitative estimate of drug-likeness (QED) is 0.695. The number of nitrogens with zero attached hydrogens (tertiary/aromatic N) is 2. The predicted molar refractivity (Wildman–Crippen MR) is 103 cm³/mol. The summed E-state index contributed by atoms with van der Waals surface area (Å²) in [7, 11) is 1.59. The Bertz CT molecular complexity index is 979. The molecule has 140 valence electrons. The standard InChI is InChI=1S/C21H22N2O4/c1-25-19-12-18-17(11-20(19)27-16-7-9-26-10-8-16)21(24)23(14-22-18)13-15-5-3-2-4-6-15/h2-6,11-12,14,16H,7-10,13H2,1H3. The molecule has 3 aromatic rings. The summed E-state index contributed by atoms with van der Waals surface area (Å²) >= 11 is 0. The van der Waals surface area contributed by atoms with Gasteiger partial charge in [0.15, 0.2) is 11.5 Å². The van der Waals surface area contributed by atoms with Crippen LogP contribution in [0.1, 0.15) is 18.4 Å². The maximum absolute atomic E-state index is 13.0. The summed E-state index contributed by atoms with van der Waals surface area (Å²) < 4.78 is 18.6. The van der Waals surface area contributed by atoms with Gasteiger partial charge in [-0.05, 0) is 11.6 Å². The van der Waals surface area contributed by atoms with E-state index in [0.717, 1.165) is 18.4 Å². The summed E-state index contributed by atoms with van der Waals surface area (Å²) in [6.07, 6.45) is 3.29. The van der Waals surface area contributed by atoms with Gasteiger partial charge >= 0.3 is 0 Å². The Labute approximate surface area is 157 Å². The number of aromatic nitrogens is 2. The van der Waals surface area contributed by atoms with E-state index in [-0.39, 0.29) is 11.7 Å². The summed E-state index contributed by atoms with van der Waals surface area (Å²) in [6, 6.07) is 13.4. The van der Waals surface area contributed by atoms with Gasteiger partial charge < -0.3 is 14.2 Å². The zero-order valence-corrected chi connectivity index (χ0v) is 15.3. The molecule has 0 unspecified atom stereocenters. The van der Waals surface area contributed by atoms with Crippen LogP contribution in [0.3, 0.4) is 0 Å². The summed E-state index contributed by atoms with van der Waals surface area (Å²) in [4.78, 5) is 17.4. The van der Waals surface area contributed by atoms with Crippen LogP contribution in [0.4, 0.5) is 0 Å². The van der Waals surface area contributed by atoms with Crippen LogP contribution in [0.15, 0.2) is 53.6 Å². The number of rotatable bonds is 5. The first-order valence-electron chi connectivity index (χ1n) is 9.10. The zero-order valence-electron chi connectivity index (χ0n) is 15.3. The van der Waals surface area contributed by atoms with E-state index >= 15 is 0 Å². The summed E-state index contributed by atoms with van der Waals surface area (Å²) in [5.41, 5.74) is 1.55. The molecular formula is C21H22N2O4. The number of ether oxygens (including phenoxy) is 3. The second-order valence-electron chi connectivity index (χ2n) is 6.61. The molecule has 27 heavy (non-hydrogen) atoms. The van der Waals surface area contributed by atoms with Gasteiger partial charge in [-0.15, -0.1) is 0 Å². The van der Waals surface area contributed by atoms with Crippen LogP contribution in [0.2, 0.25) is 0 Å². The molecule has 0 bridgehead atoms. The van der Waals surface area contributed by atoms with Crippen molar-refractivity contribution in [2.75, 3.05) is 20.3 Å². The normalized spacial score (nSPS) is 15.0. The maximum atomic E-state index is 13.0. The summed E-state index contributed by atoms with van der Waals surface area (Å²) in [5, 5.41) is 0.524. The second-order valence-corrected chi connectivity index (χ2v) is 6.61. The predicted octanol–water partition coefficient (Wildman–Crippen LogP) is 3.01. The van der Waals surface area contributed by atoms with Crippen LogP contribution in [0.25, 0.3) is 10.9 Å². The Morgan fingerprint density at radius 1 is 1.15 bits per heavy atom. The minimum atomic E-state index is -0.0941. The van der Waals surface area contributed by atoms with Crippen molar-refractivity contribution in [1.29, 1.82) is 0 Å². The fourth-order valence-corrected chi connectivity index (χ4v) is 3.28. The third kappa shape index (κ3) is 3.80. The number of hydrogen-bond acceptors (Lipinski definition) is 5. The average molecular weight is 366 g/mol. The molecular weight excluding hydrogens is 344 g/mol. The van der Waals surface area contributed by atoms with E-state index in [0.29, 0.717) is 42.2 Å². The number of fused-ring (bicyclic) bond motifs is 1. The molecule has 4 rings (SSSR count). The van der Waals surface area contributed by atoms with Crippen LogP contribution in [-0.4, -0.2) is 36.0 Å². The first-order chi connectivity index (χ1) is 13.2. The van der Waals surface area contributed by atoms with Crippen LogP contribution < -0.4 is 15.0 Å². The summed E-state index contributed by atoms with van der Waals surface area (Å²) in [5.74, 6) is 1.16. The zero-order chi connectivity index (χ0) is 18.6. The van der Waals surface area contributed by atoms with Crippen molar-refractivity contribution in [2.45, 2.75) is 25.5 Å². The topological polar surface area (TPSA) is 62.6 Å². The molecule has 0 aliphatic carbocycles. The minimum Gasteiger partial charge on any atom is -0.493 e. The van der Waals surface area contributed by atoms with Gasteiger partial charge in [0.05, 0.1) is 44.1 Å². The lowest BCUT2D eigenvalue weighted by Gasteiger charge is -2.24. The van der Waals surface area contributed by atoms with Gasteiger partial charge in [-0.25, -0.2) is 4.98 Å². The molecule has 2 heterocycles. The largest absolute Gasteiger partial charge is 0.493 e. The van der Waals surface area contributed by atoms with Gasteiger partial charge in [-0.3, -0.25) is 9.36 Å². The molecule has 1 fully saturated rings. The van der Waals surface area contributed by atoms with E-state index < -0.39 is 0 Å². The van der Waals surface area contributed by atoms with Crippen LogP contribution in [0.5, 0.6) is 11.5 Å². The van der Waals surface area contributed by atoms with E-state index in [4.69, 9.17) is 14.2 Å². The molecule has 2 aromatic carbocycles. The van der Waals surface area contributed by atoms with Gasteiger partial charge in [-0.1, -0.05) is 30.3 Å². The maximum Gasteiger partial charge on any atom is 0.261 e. The fraction of sp³-hybridized carbons (Fsp3) is 0.333. The van der Waals surface area contributed by atoms with Gasteiger partial charge in [-0.2, -0.15) is 0 Å². The lowest BCUT2D eigenvalue weighted by molar-refractivity contribution is 0.0246. The molecule has 0 amide bonds. The Morgan fingerprint density at radius 3 is 2.67 bits per heavy atom.